The second kappa shape index (κ2) is 8.78. The number of nitrogens with zero attached hydrogens (tertiary/aromatic N) is 1. The summed E-state index contributed by atoms with van der Waals surface area (Å²) in [5.41, 5.74) is 7.49. The molecule has 2 rings (SSSR count). The van der Waals surface area contributed by atoms with Gasteiger partial charge in [0.05, 0.1) is 19.1 Å². The second-order valence-electron chi connectivity index (χ2n) is 6.39. The van der Waals surface area contributed by atoms with Gasteiger partial charge in [0.25, 0.3) is 0 Å². The van der Waals surface area contributed by atoms with Gasteiger partial charge in [-0.2, -0.15) is 0 Å². The zero-order valence-corrected chi connectivity index (χ0v) is 15.7. The molecule has 2 amide bonds. The van der Waals surface area contributed by atoms with Crippen LogP contribution in [0.1, 0.15) is 35.9 Å². The van der Waals surface area contributed by atoms with Gasteiger partial charge in [0.15, 0.2) is 0 Å². The van der Waals surface area contributed by atoms with Crippen LogP contribution in [0.4, 0.5) is 0 Å². The van der Waals surface area contributed by atoms with Crippen molar-refractivity contribution in [1.29, 1.82) is 0 Å². The van der Waals surface area contributed by atoms with Gasteiger partial charge in [0.1, 0.15) is 0 Å². The summed E-state index contributed by atoms with van der Waals surface area (Å²) in [6, 6.07) is 12.0. The van der Waals surface area contributed by atoms with Crippen molar-refractivity contribution in [1.82, 2.24) is 10.2 Å². The van der Waals surface area contributed by atoms with Crippen LogP contribution in [-0.4, -0.2) is 35.8 Å². The van der Waals surface area contributed by atoms with Gasteiger partial charge in [-0.25, -0.2) is 0 Å². The lowest BCUT2D eigenvalue weighted by atomic mass is 10.0. The highest BCUT2D eigenvalue weighted by atomic mass is 32.1. The van der Waals surface area contributed by atoms with Gasteiger partial charge in [-0.15, -0.1) is 11.3 Å². The third-order valence-electron chi connectivity index (χ3n) is 3.98. The van der Waals surface area contributed by atoms with Crippen LogP contribution in [0.5, 0.6) is 0 Å². The van der Waals surface area contributed by atoms with E-state index in [0.29, 0.717) is 0 Å². The van der Waals surface area contributed by atoms with Crippen molar-refractivity contribution < 1.29 is 9.59 Å². The molecule has 0 bridgehead atoms. The largest absolute Gasteiger partial charge is 0.369 e. The van der Waals surface area contributed by atoms with E-state index in [2.05, 4.69) is 5.32 Å². The van der Waals surface area contributed by atoms with Gasteiger partial charge in [-0.3, -0.25) is 14.5 Å². The van der Waals surface area contributed by atoms with Gasteiger partial charge in [-0.1, -0.05) is 35.9 Å². The molecule has 0 aliphatic heterocycles. The summed E-state index contributed by atoms with van der Waals surface area (Å²) in [6.07, 6.45) is 0. The molecule has 1 heterocycles. The molecule has 0 aliphatic carbocycles. The fourth-order valence-electron chi connectivity index (χ4n) is 2.55. The van der Waals surface area contributed by atoms with Crippen molar-refractivity contribution in [3.05, 3.63) is 57.8 Å². The van der Waals surface area contributed by atoms with Crippen LogP contribution in [0.15, 0.2) is 41.8 Å². The Hall–Kier alpha value is -2.18. The number of hydrogen-bond donors (Lipinski definition) is 2. The Kier molecular flexibility index (Phi) is 6.73. The number of carbonyl (C=O) groups excluding carboxylic acids is 2. The predicted octanol–water partition coefficient (Wildman–Crippen LogP) is 2.46. The first-order chi connectivity index (χ1) is 11.9. The third kappa shape index (κ3) is 5.69. The number of amides is 2. The molecule has 1 unspecified atom stereocenters. The van der Waals surface area contributed by atoms with Crippen LogP contribution in [0.25, 0.3) is 0 Å². The Bertz CT molecular complexity index is 696. The fraction of sp³-hybridized carbons (Fsp3) is 0.368. The number of rotatable bonds is 8. The number of nitrogens with two attached hydrogens (primary N) is 1. The SMILES string of the molecule is Cc1ccc(C(NC(=O)CN(CC(N)=O)C(C)C)c2cccs2)cc1. The zero-order chi connectivity index (χ0) is 18.4. The molecular formula is C19H25N3O2S. The van der Waals surface area contributed by atoms with Crippen LogP contribution in [0, 0.1) is 6.92 Å². The van der Waals surface area contributed by atoms with E-state index < -0.39 is 5.91 Å². The molecule has 0 fully saturated rings. The summed E-state index contributed by atoms with van der Waals surface area (Å²) in [7, 11) is 0. The van der Waals surface area contributed by atoms with Gasteiger partial charge < -0.3 is 11.1 Å². The molecule has 1 aromatic heterocycles. The molecule has 0 radical (unpaired) electrons. The molecule has 0 spiro atoms. The maximum absolute atomic E-state index is 12.6. The smallest absolute Gasteiger partial charge is 0.234 e. The summed E-state index contributed by atoms with van der Waals surface area (Å²) in [4.78, 5) is 26.6. The van der Waals surface area contributed by atoms with Gasteiger partial charge >= 0.3 is 0 Å². The number of nitrogens with one attached hydrogen (secondary N) is 1. The maximum Gasteiger partial charge on any atom is 0.234 e. The van der Waals surface area contributed by atoms with Crippen molar-refractivity contribution >= 4 is 23.2 Å². The number of thiophene rings is 1. The second-order valence-corrected chi connectivity index (χ2v) is 7.37. The first kappa shape index (κ1) is 19.1. The highest BCUT2D eigenvalue weighted by molar-refractivity contribution is 7.10. The Morgan fingerprint density at radius 1 is 1.16 bits per heavy atom. The van der Waals surface area contributed by atoms with E-state index in [1.165, 1.54) is 5.56 Å². The summed E-state index contributed by atoms with van der Waals surface area (Å²) < 4.78 is 0. The lowest BCUT2D eigenvalue weighted by Gasteiger charge is -2.26. The monoisotopic (exact) mass is 359 g/mol. The molecule has 6 heteroatoms. The topological polar surface area (TPSA) is 75.4 Å². The summed E-state index contributed by atoms with van der Waals surface area (Å²) in [6.45, 7) is 6.11. The molecule has 0 saturated heterocycles. The van der Waals surface area contributed by atoms with Crippen LogP contribution in [0.3, 0.4) is 0 Å². The van der Waals surface area contributed by atoms with Crippen LogP contribution in [0.2, 0.25) is 0 Å². The lowest BCUT2D eigenvalue weighted by Crippen LogP contribution is -2.45. The van der Waals surface area contributed by atoms with E-state index in [4.69, 9.17) is 5.73 Å². The van der Waals surface area contributed by atoms with Crippen molar-refractivity contribution in [2.24, 2.45) is 5.73 Å². The van der Waals surface area contributed by atoms with Crippen LogP contribution in [-0.2, 0) is 9.59 Å². The standard InChI is InChI=1S/C19H25N3O2S/c1-13(2)22(11-17(20)23)12-18(24)21-19(16-5-4-10-25-16)15-8-6-14(3)7-9-15/h4-10,13,19H,11-12H2,1-3H3,(H2,20,23)(H,21,24). The average Bonchev–Trinajstić information content (AvgIpc) is 3.06. The molecule has 1 aromatic carbocycles. The number of carbonyl (C=O) groups is 2. The molecule has 25 heavy (non-hydrogen) atoms. The number of aryl methyl sites for hydroxylation is 1. The number of hydrogen-bond acceptors (Lipinski definition) is 4. The normalized spacial score (nSPS) is 12.4. The predicted molar refractivity (Wildman–Crippen MR) is 101 cm³/mol. The first-order valence-electron chi connectivity index (χ1n) is 8.28. The van der Waals surface area contributed by atoms with E-state index in [-0.39, 0.29) is 31.1 Å². The van der Waals surface area contributed by atoms with E-state index >= 15 is 0 Å². The summed E-state index contributed by atoms with van der Waals surface area (Å²) >= 11 is 1.61. The highest BCUT2D eigenvalue weighted by Crippen LogP contribution is 2.26. The minimum atomic E-state index is -0.435. The maximum atomic E-state index is 12.6. The molecule has 134 valence electrons. The first-order valence-corrected chi connectivity index (χ1v) is 9.16. The number of primary amides is 1. The Morgan fingerprint density at radius 3 is 2.36 bits per heavy atom. The molecule has 3 N–H and O–H groups in total. The summed E-state index contributed by atoms with van der Waals surface area (Å²) in [5.74, 6) is -0.566. The quantitative estimate of drug-likeness (QED) is 0.760. The molecule has 5 nitrogen and oxygen atoms in total. The Labute approximate surface area is 152 Å². The average molecular weight is 359 g/mol. The highest BCUT2D eigenvalue weighted by Gasteiger charge is 2.21. The van der Waals surface area contributed by atoms with Crippen molar-refractivity contribution in [2.45, 2.75) is 32.9 Å². The minimum absolute atomic E-state index is 0.0535. The Morgan fingerprint density at radius 2 is 1.84 bits per heavy atom. The van der Waals surface area contributed by atoms with E-state index in [1.54, 1.807) is 16.2 Å². The van der Waals surface area contributed by atoms with Crippen molar-refractivity contribution in [3.63, 3.8) is 0 Å². The van der Waals surface area contributed by atoms with E-state index in [0.717, 1.165) is 10.4 Å². The fourth-order valence-corrected chi connectivity index (χ4v) is 3.35. The zero-order valence-electron chi connectivity index (χ0n) is 14.9. The van der Waals surface area contributed by atoms with E-state index in [9.17, 15) is 9.59 Å². The van der Waals surface area contributed by atoms with Crippen molar-refractivity contribution in [3.8, 4) is 0 Å². The van der Waals surface area contributed by atoms with Gasteiger partial charge in [0, 0.05) is 10.9 Å². The van der Waals surface area contributed by atoms with Crippen LogP contribution >= 0.6 is 11.3 Å². The van der Waals surface area contributed by atoms with Crippen molar-refractivity contribution in [2.75, 3.05) is 13.1 Å². The summed E-state index contributed by atoms with van der Waals surface area (Å²) in [5, 5.41) is 5.09. The molecular weight excluding hydrogens is 334 g/mol. The Balaban J connectivity index is 2.15. The molecule has 0 aliphatic rings. The van der Waals surface area contributed by atoms with Gasteiger partial charge in [0.2, 0.25) is 11.8 Å². The minimum Gasteiger partial charge on any atom is -0.369 e. The molecule has 1 atom stereocenters. The lowest BCUT2D eigenvalue weighted by molar-refractivity contribution is -0.125. The van der Waals surface area contributed by atoms with Crippen LogP contribution < -0.4 is 11.1 Å². The molecule has 2 aromatic rings. The third-order valence-corrected chi connectivity index (χ3v) is 4.92. The number of benzene rings is 1. The van der Waals surface area contributed by atoms with E-state index in [1.807, 2.05) is 62.5 Å². The van der Waals surface area contributed by atoms with Gasteiger partial charge in [-0.05, 0) is 37.8 Å². The molecule has 0 saturated carbocycles.